The van der Waals surface area contributed by atoms with Gasteiger partial charge in [-0.05, 0) is 36.4 Å². The van der Waals surface area contributed by atoms with Crippen molar-refractivity contribution in [2.24, 2.45) is 0 Å². The largest absolute Gasteiger partial charge is 0.309 e. The van der Waals surface area contributed by atoms with Gasteiger partial charge in [0.25, 0.3) is 0 Å². The maximum atomic E-state index is 12.9. The van der Waals surface area contributed by atoms with Gasteiger partial charge in [0.2, 0.25) is 0 Å². The van der Waals surface area contributed by atoms with Crippen LogP contribution in [0.3, 0.4) is 0 Å². The lowest BCUT2D eigenvalue weighted by atomic mass is 9.99. The fourth-order valence-corrected chi connectivity index (χ4v) is 2.11. The van der Waals surface area contributed by atoms with Crippen molar-refractivity contribution in [3.8, 4) is 0 Å². The second kappa shape index (κ2) is 5.30. The highest BCUT2D eigenvalue weighted by Gasteiger charge is 2.14. The fourth-order valence-electron chi connectivity index (χ4n) is 1.87. The van der Waals surface area contributed by atoms with E-state index < -0.39 is 0 Å². The van der Waals surface area contributed by atoms with E-state index in [9.17, 15) is 4.39 Å². The van der Waals surface area contributed by atoms with E-state index in [1.807, 2.05) is 31.3 Å². The molecule has 0 bridgehead atoms. The van der Waals surface area contributed by atoms with Crippen LogP contribution in [0.15, 0.2) is 48.5 Å². The first-order valence-corrected chi connectivity index (χ1v) is 5.77. The first kappa shape index (κ1) is 12.1. The van der Waals surface area contributed by atoms with Crippen LogP contribution in [-0.4, -0.2) is 7.05 Å². The third-order valence-corrected chi connectivity index (χ3v) is 3.05. The molecule has 0 spiro atoms. The van der Waals surface area contributed by atoms with Crippen molar-refractivity contribution in [3.05, 3.63) is 70.5 Å². The van der Waals surface area contributed by atoms with Crippen LogP contribution in [0.4, 0.5) is 4.39 Å². The number of halogens is 2. The second-order valence-corrected chi connectivity index (χ2v) is 4.20. The molecule has 1 atom stereocenters. The summed E-state index contributed by atoms with van der Waals surface area (Å²) in [5, 5.41) is 3.89. The molecular weight excluding hydrogens is 237 g/mol. The van der Waals surface area contributed by atoms with Crippen molar-refractivity contribution in [2.75, 3.05) is 7.05 Å². The molecule has 1 N–H and O–H groups in total. The predicted molar refractivity (Wildman–Crippen MR) is 68.8 cm³/mol. The highest BCUT2D eigenvalue weighted by atomic mass is 35.5. The smallest absolute Gasteiger partial charge is 0.123 e. The number of nitrogens with one attached hydrogen (secondary N) is 1. The summed E-state index contributed by atoms with van der Waals surface area (Å²) < 4.78 is 12.9. The molecule has 1 nitrogen and oxygen atoms in total. The van der Waals surface area contributed by atoms with Crippen LogP contribution in [0.25, 0.3) is 0 Å². The molecule has 0 fully saturated rings. The normalized spacial score (nSPS) is 12.4. The van der Waals surface area contributed by atoms with Gasteiger partial charge in [-0.1, -0.05) is 41.9 Å². The molecule has 0 heterocycles. The molecule has 0 aromatic heterocycles. The lowest BCUT2D eigenvalue weighted by Crippen LogP contribution is -2.17. The average molecular weight is 250 g/mol. The Morgan fingerprint density at radius 2 is 1.71 bits per heavy atom. The van der Waals surface area contributed by atoms with Crippen LogP contribution in [-0.2, 0) is 0 Å². The van der Waals surface area contributed by atoms with E-state index >= 15 is 0 Å². The summed E-state index contributed by atoms with van der Waals surface area (Å²) in [5.74, 6) is -0.234. The molecule has 2 rings (SSSR count). The van der Waals surface area contributed by atoms with E-state index in [0.29, 0.717) is 5.02 Å². The summed E-state index contributed by atoms with van der Waals surface area (Å²) >= 11 is 6.16. The lowest BCUT2D eigenvalue weighted by molar-refractivity contribution is 0.623. The molecule has 3 heteroatoms. The number of rotatable bonds is 3. The monoisotopic (exact) mass is 249 g/mol. The number of hydrogen-bond donors (Lipinski definition) is 1. The van der Waals surface area contributed by atoms with Crippen molar-refractivity contribution < 1.29 is 4.39 Å². The van der Waals surface area contributed by atoms with Crippen LogP contribution in [0.1, 0.15) is 17.2 Å². The Morgan fingerprint density at radius 1 is 1.06 bits per heavy atom. The molecule has 2 aromatic rings. The van der Waals surface area contributed by atoms with Gasteiger partial charge in [0, 0.05) is 5.02 Å². The molecule has 2 aromatic carbocycles. The second-order valence-electron chi connectivity index (χ2n) is 3.79. The Morgan fingerprint density at radius 3 is 2.29 bits per heavy atom. The van der Waals surface area contributed by atoms with Gasteiger partial charge in [0.05, 0.1) is 6.04 Å². The minimum absolute atomic E-state index is 0.0238. The fraction of sp³-hybridized carbons (Fsp3) is 0.143. The van der Waals surface area contributed by atoms with E-state index in [0.717, 1.165) is 11.1 Å². The molecule has 0 saturated heterocycles. The van der Waals surface area contributed by atoms with Crippen LogP contribution in [0.5, 0.6) is 0 Å². The molecule has 17 heavy (non-hydrogen) atoms. The zero-order chi connectivity index (χ0) is 12.3. The van der Waals surface area contributed by atoms with Crippen molar-refractivity contribution in [2.45, 2.75) is 6.04 Å². The average Bonchev–Trinajstić information content (AvgIpc) is 2.35. The van der Waals surface area contributed by atoms with Crippen LogP contribution in [0, 0.1) is 5.82 Å². The van der Waals surface area contributed by atoms with Gasteiger partial charge in [-0.25, -0.2) is 4.39 Å². The Kier molecular flexibility index (Phi) is 3.77. The highest BCUT2D eigenvalue weighted by molar-refractivity contribution is 6.31. The van der Waals surface area contributed by atoms with E-state index in [2.05, 4.69) is 5.32 Å². The Hall–Kier alpha value is -1.38. The topological polar surface area (TPSA) is 12.0 Å². The van der Waals surface area contributed by atoms with Gasteiger partial charge in [-0.15, -0.1) is 0 Å². The molecule has 0 aliphatic heterocycles. The van der Waals surface area contributed by atoms with Gasteiger partial charge in [-0.3, -0.25) is 0 Å². The first-order chi connectivity index (χ1) is 8.22. The summed E-state index contributed by atoms with van der Waals surface area (Å²) in [6.45, 7) is 0. The minimum Gasteiger partial charge on any atom is -0.309 e. The number of hydrogen-bond acceptors (Lipinski definition) is 1. The zero-order valence-electron chi connectivity index (χ0n) is 9.45. The lowest BCUT2D eigenvalue weighted by Gasteiger charge is -2.18. The van der Waals surface area contributed by atoms with E-state index in [1.54, 1.807) is 12.1 Å². The molecule has 0 saturated carbocycles. The summed E-state index contributed by atoms with van der Waals surface area (Å²) in [7, 11) is 1.86. The maximum absolute atomic E-state index is 12.9. The van der Waals surface area contributed by atoms with Crippen molar-refractivity contribution in [1.29, 1.82) is 0 Å². The van der Waals surface area contributed by atoms with Gasteiger partial charge in [-0.2, -0.15) is 0 Å². The van der Waals surface area contributed by atoms with Crippen LogP contribution < -0.4 is 5.32 Å². The summed E-state index contributed by atoms with van der Waals surface area (Å²) in [6, 6.07) is 14.1. The summed E-state index contributed by atoms with van der Waals surface area (Å²) in [5.41, 5.74) is 1.98. The molecule has 0 aliphatic rings. The standard InChI is InChI=1S/C14H13ClFN/c1-17-14(10-6-8-11(16)9-7-10)12-4-2-3-5-13(12)15/h2-9,14,17H,1H3. The zero-order valence-corrected chi connectivity index (χ0v) is 10.2. The summed E-state index contributed by atoms with van der Waals surface area (Å²) in [6.07, 6.45) is 0. The Labute approximate surface area is 105 Å². The first-order valence-electron chi connectivity index (χ1n) is 5.39. The maximum Gasteiger partial charge on any atom is 0.123 e. The molecule has 88 valence electrons. The van der Waals surface area contributed by atoms with E-state index in [-0.39, 0.29) is 11.9 Å². The quantitative estimate of drug-likeness (QED) is 0.873. The van der Waals surface area contributed by atoms with E-state index in [1.165, 1.54) is 12.1 Å². The Bertz CT molecular complexity index is 496. The molecule has 0 aliphatic carbocycles. The minimum atomic E-state index is -0.234. The van der Waals surface area contributed by atoms with Crippen LogP contribution >= 0.6 is 11.6 Å². The van der Waals surface area contributed by atoms with Gasteiger partial charge in [0.1, 0.15) is 5.82 Å². The molecule has 0 radical (unpaired) electrons. The third-order valence-electron chi connectivity index (χ3n) is 2.71. The molecule has 1 unspecified atom stereocenters. The van der Waals surface area contributed by atoms with Gasteiger partial charge >= 0.3 is 0 Å². The number of benzene rings is 2. The Balaban J connectivity index is 2.40. The van der Waals surface area contributed by atoms with Crippen molar-refractivity contribution in [1.82, 2.24) is 5.32 Å². The third kappa shape index (κ3) is 2.65. The van der Waals surface area contributed by atoms with Gasteiger partial charge in [0.15, 0.2) is 0 Å². The van der Waals surface area contributed by atoms with E-state index in [4.69, 9.17) is 11.6 Å². The van der Waals surface area contributed by atoms with Crippen molar-refractivity contribution in [3.63, 3.8) is 0 Å². The molecular formula is C14H13ClFN. The van der Waals surface area contributed by atoms with Crippen LogP contribution in [0.2, 0.25) is 5.02 Å². The predicted octanol–water partition coefficient (Wildman–Crippen LogP) is 3.79. The van der Waals surface area contributed by atoms with Crippen molar-refractivity contribution >= 4 is 11.6 Å². The molecule has 0 amide bonds. The highest BCUT2D eigenvalue weighted by Crippen LogP contribution is 2.27. The van der Waals surface area contributed by atoms with Gasteiger partial charge < -0.3 is 5.32 Å². The SMILES string of the molecule is CNC(c1ccc(F)cc1)c1ccccc1Cl. The summed E-state index contributed by atoms with van der Waals surface area (Å²) in [4.78, 5) is 0.